The lowest BCUT2D eigenvalue weighted by Gasteiger charge is -2.20. The highest BCUT2D eigenvalue weighted by molar-refractivity contribution is 6.26. The van der Waals surface area contributed by atoms with Gasteiger partial charge in [0, 0.05) is 28.2 Å². The molecule has 1 aliphatic rings. The van der Waals surface area contributed by atoms with E-state index >= 15 is 0 Å². The summed E-state index contributed by atoms with van der Waals surface area (Å²) in [6.07, 6.45) is 10.7. The normalized spacial score (nSPS) is 13.0. The Bertz CT molecular complexity index is 3540. The van der Waals surface area contributed by atoms with Gasteiger partial charge in [0.05, 0.1) is 16.7 Å². The quantitative estimate of drug-likeness (QED) is 0.160. The summed E-state index contributed by atoms with van der Waals surface area (Å²) in [6, 6.07) is 67.1. The molecule has 12 rings (SSSR count). The van der Waals surface area contributed by atoms with Gasteiger partial charge in [0.25, 0.3) is 0 Å². The van der Waals surface area contributed by atoms with E-state index in [0.29, 0.717) is 0 Å². The van der Waals surface area contributed by atoms with Crippen molar-refractivity contribution in [2.75, 3.05) is 0 Å². The third-order valence-corrected chi connectivity index (χ3v) is 12.5. The molecule has 0 unspecified atom stereocenters. The van der Waals surface area contributed by atoms with Crippen LogP contribution in [-0.2, 0) is 0 Å². The van der Waals surface area contributed by atoms with Crippen molar-refractivity contribution < 1.29 is 0 Å². The first kappa shape index (κ1) is 33.6. The van der Waals surface area contributed by atoms with Crippen molar-refractivity contribution >= 4 is 70.6 Å². The second-order valence-electron chi connectivity index (χ2n) is 15.7. The van der Waals surface area contributed by atoms with E-state index in [1.165, 1.54) is 104 Å². The average Bonchev–Trinajstić information content (AvgIpc) is 3.65. The van der Waals surface area contributed by atoms with E-state index in [4.69, 9.17) is 4.98 Å². The smallest absolute Gasteiger partial charge is 0.0802 e. The Labute approximate surface area is 342 Å². The van der Waals surface area contributed by atoms with E-state index < -0.39 is 0 Å². The van der Waals surface area contributed by atoms with Crippen molar-refractivity contribution in [3.8, 4) is 44.6 Å². The molecule has 0 amide bonds. The summed E-state index contributed by atoms with van der Waals surface area (Å²) in [6.45, 7) is 0. The van der Waals surface area contributed by atoms with Crippen molar-refractivity contribution in [3.63, 3.8) is 0 Å². The SMILES string of the molecule is C1=CCCC(n2c3ccc(-c4ccc5c(-c6cccc7ccccc67)c6ccccc6c(-c6cccc7ccccc67)c5c4)cc3c3c(-c4ccccc4)nccc32)=C1. The molecule has 59 heavy (non-hydrogen) atoms. The van der Waals surface area contributed by atoms with Gasteiger partial charge in [-0.05, 0) is 120 Å². The molecule has 11 aromatic rings. The minimum absolute atomic E-state index is 0.995. The molecule has 0 atom stereocenters. The number of hydrogen-bond acceptors (Lipinski definition) is 1. The van der Waals surface area contributed by atoms with E-state index in [9.17, 15) is 0 Å². The number of nitrogens with zero attached hydrogens (tertiary/aromatic N) is 2. The molecule has 2 aromatic heterocycles. The summed E-state index contributed by atoms with van der Waals surface area (Å²) in [5.74, 6) is 0. The summed E-state index contributed by atoms with van der Waals surface area (Å²) >= 11 is 0. The number of rotatable bonds is 5. The van der Waals surface area contributed by atoms with Crippen molar-refractivity contribution in [2.45, 2.75) is 12.8 Å². The minimum Gasteiger partial charge on any atom is -0.313 e. The van der Waals surface area contributed by atoms with Crippen molar-refractivity contribution in [1.29, 1.82) is 0 Å². The summed E-state index contributed by atoms with van der Waals surface area (Å²) in [5.41, 5.74) is 13.3. The van der Waals surface area contributed by atoms with Crippen LogP contribution in [0.1, 0.15) is 12.8 Å². The zero-order chi connectivity index (χ0) is 38.9. The van der Waals surface area contributed by atoms with E-state index in [-0.39, 0.29) is 0 Å². The molecule has 0 fully saturated rings. The first-order valence-electron chi connectivity index (χ1n) is 20.6. The highest BCUT2D eigenvalue weighted by Gasteiger charge is 2.22. The molecule has 0 radical (unpaired) electrons. The number of pyridine rings is 1. The maximum atomic E-state index is 5.04. The van der Waals surface area contributed by atoms with E-state index in [0.717, 1.165) is 24.1 Å². The third kappa shape index (κ3) is 5.30. The molecule has 2 nitrogen and oxygen atoms in total. The Hall–Kier alpha value is -7.55. The third-order valence-electron chi connectivity index (χ3n) is 12.5. The Morgan fingerprint density at radius 2 is 1.00 bits per heavy atom. The Balaban J connectivity index is 1.18. The molecule has 0 spiro atoms. The van der Waals surface area contributed by atoms with E-state index in [1.807, 2.05) is 6.20 Å². The molecule has 2 heteroatoms. The van der Waals surface area contributed by atoms with Crippen LogP contribution >= 0.6 is 0 Å². The minimum atomic E-state index is 0.995. The van der Waals surface area contributed by atoms with Gasteiger partial charge in [0.15, 0.2) is 0 Å². The van der Waals surface area contributed by atoms with Gasteiger partial charge in [0.1, 0.15) is 0 Å². The maximum absolute atomic E-state index is 5.04. The predicted molar refractivity (Wildman–Crippen MR) is 252 cm³/mol. The van der Waals surface area contributed by atoms with Crippen LogP contribution in [0.25, 0.3) is 115 Å². The molecule has 1 aliphatic carbocycles. The Morgan fingerprint density at radius 1 is 0.424 bits per heavy atom. The second-order valence-corrected chi connectivity index (χ2v) is 15.7. The first-order valence-corrected chi connectivity index (χ1v) is 20.6. The van der Waals surface area contributed by atoms with Crippen LogP contribution in [0.5, 0.6) is 0 Å². The lowest BCUT2D eigenvalue weighted by Crippen LogP contribution is -1.99. The zero-order valence-corrected chi connectivity index (χ0v) is 32.4. The Morgan fingerprint density at radius 3 is 1.68 bits per heavy atom. The molecule has 0 N–H and O–H groups in total. The maximum Gasteiger partial charge on any atom is 0.0802 e. The van der Waals surface area contributed by atoms with Gasteiger partial charge in [-0.3, -0.25) is 4.98 Å². The summed E-state index contributed by atoms with van der Waals surface area (Å²) in [4.78, 5) is 5.04. The second kappa shape index (κ2) is 13.5. The van der Waals surface area contributed by atoms with Crippen molar-refractivity contribution in [1.82, 2.24) is 9.55 Å². The largest absolute Gasteiger partial charge is 0.313 e. The monoisotopic (exact) mass is 750 g/mol. The predicted octanol–water partition coefficient (Wildman–Crippen LogP) is 15.7. The number of hydrogen-bond donors (Lipinski definition) is 0. The standard InChI is InChI=1S/C57H38N2/c1-3-17-39(18-4-1)57-56-51-36-41(30-32-52(51)59(53(56)33-34-58-57)42-21-5-2-6-22-42)40-29-31-49-50(35-40)55(46-28-14-20-38-16-8-10-24-44(38)46)48-26-12-11-25-47(48)54(49)45-27-13-19-37-15-7-9-23-43(37)45/h1-5,7-21,23-36H,6,22H2. The van der Waals surface area contributed by atoms with Gasteiger partial charge in [-0.2, -0.15) is 0 Å². The molecular formula is C57H38N2. The van der Waals surface area contributed by atoms with Crippen LogP contribution < -0.4 is 0 Å². The van der Waals surface area contributed by atoms with Gasteiger partial charge >= 0.3 is 0 Å². The molecule has 276 valence electrons. The van der Waals surface area contributed by atoms with Crippen LogP contribution in [0.3, 0.4) is 0 Å². The van der Waals surface area contributed by atoms with Crippen LogP contribution in [-0.4, -0.2) is 9.55 Å². The number of benzene rings is 9. The summed E-state index contributed by atoms with van der Waals surface area (Å²) < 4.78 is 2.47. The zero-order valence-electron chi connectivity index (χ0n) is 32.4. The van der Waals surface area contributed by atoms with Crippen molar-refractivity contribution in [2.24, 2.45) is 0 Å². The number of aromatic nitrogens is 2. The van der Waals surface area contributed by atoms with Crippen LogP contribution in [0.2, 0.25) is 0 Å². The van der Waals surface area contributed by atoms with Crippen LogP contribution in [0.15, 0.2) is 206 Å². The average molecular weight is 751 g/mol. The number of allylic oxidation sites excluding steroid dienone is 4. The molecule has 0 saturated heterocycles. The molecular weight excluding hydrogens is 713 g/mol. The molecule has 9 aromatic carbocycles. The number of fused-ring (bicyclic) bond motifs is 7. The van der Waals surface area contributed by atoms with Crippen LogP contribution in [0.4, 0.5) is 0 Å². The lowest BCUT2D eigenvalue weighted by atomic mass is 9.83. The molecule has 0 saturated carbocycles. The van der Waals surface area contributed by atoms with Gasteiger partial charge < -0.3 is 4.57 Å². The van der Waals surface area contributed by atoms with E-state index in [2.05, 4.69) is 205 Å². The molecule has 0 aliphatic heterocycles. The summed E-state index contributed by atoms with van der Waals surface area (Å²) in [7, 11) is 0. The fraction of sp³-hybridized carbons (Fsp3) is 0.0351. The molecule has 2 heterocycles. The fourth-order valence-corrected chi connectivity index (χ4v) is 9.87. The van der Waals surface area contributed by atoms with Gasteiger partial charge in [-0.15, -0.1) is 0 Å². The van der Waals surface area contributed by atoms with Gasteiger partial charge in [-0.25, -0.2) is 0 Å². The topological polar surface area (TPSA) is 17.8 Å². The van der Waals surface area contributed by atoms with Gasteiger partial charge in [0.2, 0.25) is 0 Å². The molecule has 0 bridgehead atoms. The van der Waals surface area contributed by atoms with E-state index in [1.54, 1.807) is 0 Å². The van der Waals surface area contributed by atoms with Crippen molar-refractivity contribution in [3.05, 3.63) is 206 Å². The highest BCUT2D eigenvalue weighted by atomic mass is 15.0. The first-order chi connectivity index (χ1) is 29.3. The summed E-state index contributed by atoms with van der Waals surface area (Å²) in [5, 5.41) is 12.4. The highest BCUT2D eigenvalue weighted by Crippen LogP contribution is 2.48. The lowest BCUT2D eigenvalue weighted by molar-refractivity contribution is 0.979. The van der Waals surface area contributed by atoms with Crippen LogP contribution in [0, 0.1) is 0 Å². The fourth-order valence-electron chi connectivity index (χ4n) is 9.87. The Kier molecular flexibility index (Phi) is 7.71. The van der Waals surface area contributed by atoms with Gasteiger partial charge in [-0.1, -0.05) is 170 Å².